The first kappa shape index (κ1) is 20.5. The Kier molecular flexibility index (Phi) is 5.49. The third-order valence-corrected chi connectivity index (χ3v) is 6.13. The molecule has 7 nitrogen and oxygen atoms in total. The molecule has 1 saturated heterocycles. The number of esters is 2. The Morgan fingerprint density at radius 2 is 1.78 bits per heavy atom. The average Bonchev–Trinajstić information content (AvgIpc) is 3.33. The van der Waals surface area contributed by atoms with Crippen molar-refractivity contribution in [2.75, 3.05) is 0 Å². The first-order valence-corrected chi connectivity index (χ1v) is 10.6. The summed E-state index contributed by atoms with van der Waals surface area (Å²) >= 11 is 0. The summed E-state index contributed by atoms with van der Waals surface area (Å²) in [4.78, 5) is 37.1. The zero-order chi connectivity index (χ0) is 22.1. The van der Waals surface area contributed by atoms with E-state index in [0.29, 0.717) is 17.7 Å². The van der Waals surface area contributed by atoms with Crippen LogP contribution in [0, 0.1) is 11.8 Å². The van der Waals surface area contributed by atoms with Crippen LogP contribution in [-0.2, 0) is 30.4 Å². The maximum absolute atomic E-state index is 12.7. The molecule has 2 aromatic rings. The molecule has 32 heavy (non-hydrogen) atoms. The predicted molar refractivity (Wildman–Crippen MR) is 112 cm³/mol. The lowest BCUT2D eigenvalue weighted by Gasteiger charge is -2.24. The van der Waals surface area contributed by atoms with E-state index in [1.807, 2.05) is 24.3 Å². The minimum Gasteiger partial charge on any atom is -0.462 e. The Hall–Kier alpha value is -3.45. The Morgan fingerprint density at radius 1 is 1.00 bits per heavy atom. The molecule has 3 aliphatic rings. The standard InChI is InChI=1S/C25H22O7/c26-19(25-29-14-16-8-4-5-9-20(16)32-25)11-10-17-18-12-23(27)30-22(18)13-21(17)31-24(28)15-6-2-1-3-7-15/h1-11,17-18,21-22,25H,12-14H2/t17-,18-,21-,22+,25-/m1/s1. The molecule has 0 radical (unpaired) electrons. The van der Waals surface area contributed by atoms with Crippen LogP contribution in [0.1, 0.15) is 28.8 Å². The van der Waals surface area contributed by atoms with Crippen LogP contribution in [0.4, 0.5) is 0 Å². The molecule has 5 rings (SSSR count). The number of fused-ring (bicyclic) bond motifs is 2. The lowest BCUT2D eigenvalue weighted by atomic mass is 9.91. The van der Waals surface area contributed by atoms with Gasteiger partial charge in [-0.05, 0) is 24.3 Å². The van der Waals surface area contributed by atoms with Crippen molar-refractivity contribution < 1.29 is 33.3 Å². The van der Waals surface area contributed by atoms with Gasteiger partial charge in [0, 0.05) is 23.8 Å². The number of hydrogen-bond donors (Lipinski definition) is 0. The topological polar surface area (TPSA) is 88.1 Å². The molecular formula is C25H22O7. The van der Waals surface area contributed by atoms with Gasteiger partial charge in [-0.2, -0.15) is 0 Å². The van der Waals surface area contributed by atoms with Gasteiger partial charge in [-0.1, -0.05) is 42.5 Å². The molecule has 2 heterocycles. The van der Waals surface area contributed by atoms with Crippen molar-refractivity contribution in [2.24, 2.45) is 11.8 Å². The zero-order valence-electron chi connectivity index (χ0n) is 17.2. The number of para-hydroxylation sites is 1. The SMILES string of the molecule is O=C1C[C@@H]2[C@@H](C=CC(=O)[C@@H]3OCc4ccccc4O3)[C@H](OC(=O)c3ccccc3)C[C@@H]2O1. The summed E-state index contributed by atoms with van der Waals surface area (Å²) in [5, 5.41) is 0. The molecule has 7 heteroatoms. The van der Waals surface area contributed by atoms with E-state index in [9.17, 15) is 14.4 Å². The van der Waals surface area contributed by atoms with Gasteiger partial charge < -0.3 is 18.9 Å². The molecule has 0 aromatic heterocycles. The van der Waals surface area contributed by atoms with Crippen molar-refractivity contribution in [3.05, 3.63) is 77.9 Å². The number of ketones is 1. The molecule has 164 valence electrons. The molecule has 1 saturated carbocycles. The minimum absolute atomic E-state index is 0.144. The Morgan fingerprint density at radius 3 is 2.62 bits per heavy atom. The van der Waals surface area contributed by atoms with Crippen molar-refractivity contribution in [1.82, 2.24) is 0 Å². The molecular weight excluding hydrogens is 412 g/mol. The number of benzene rings is 2. The van der Waals surface area contributed by atoms with Gasteiger partial charge in [0.25, 0.3) is 6.29 Å². The maximum Gasteiger partial charge on any atom is 0.338 e. The summed E-state index contributed by atoms with van der Waals surface area (Å²) < 4.78 is 22.4. The average molecular weight is 434 g/mol. The monoisotopic (exact) mass is 434 g/mol. The minimum atomic E-state index is -1.04. The highest BCUT2D eigenvalue weighted by atomic mass is 16.7. The summed E-state index contributed by atoms with van der Waals surface area (Å²) in [5.41, 5.74) is 1.33. The lowest BCUT2D eigenvalue weighted by molar-refractivity contribution is -0.152. The van der Waals surface area contributed by atoms with Crippen LogP contribution in [0.15, 0.2) is 66.7 Å². The van der Waals surface area contributed by atoms with E-state index in [-0.39, 0.29) is 42.7 Å². The van der Waals surface area contributed by atoms with E-state index in [4.69, 9.17) is 18.9 Å². The highest BCUT2D eigenvalue weighted by Gasteiger charge is 2.50. The van der Waals surface area contributed by atoms with E-state index in [2.05, 4.69) is 0 Å². The second kappa shape index (κ2) is 8.59. The highest BCUT2D eigenvalue weighted by molar-refractivity contribution is 5.93. The third-order valence-electron chi connectivity index (χ3n) is 6.13. The Bertz CT molecular complexity index is 1060. The molecule has 2 aromatic carbocycles. The van der Waals surface area contributed by atoms with Crippen LogP contribution < -0.4 is 4.74 Å². The van der Waals surface area contributed by atoms with E-state index in [1.54, 1.807) is 36.4 Å². The van der Waals surface area contributed by atoms with Gasteiger partial charge >= 0.3 is 11.9 Å². The predicted octanol–water partition coefficient (Wildman–Crippen LogP) is 3.22. The van der Waals surface area contributed by atoms with Crippen LogP contribution >= 0.6 is 0 Å². The van der Waals surface area contributed by atoms with Gasteiger partial charge in [-0.25, -0.2) is 4.79 Å². The first-order chi connectivity index (χ1) is 15.6. The molecule has 0 amide bonds. The fraction of sp³-hybridized carbons (Fsp3) is 0.320. The molecule has 2 aliphatic heterocycles. The molecule has 0 unspecified atom stereocenters. The molecule has 0 spiro atoms. The molecule has 5 atom stereocenters. The fourth-order valence-electron chi connectivity index (χ4n) is 4.55. The number of carbonyl (C=O) groups is 3. The van der Waals surface area contributed by atoms with E-state index >= 15 is 0 Å². The summed E-state index contributed by atoms with van der Waals surface area (Å²) in [7, 11) is 0. The van der Waals surface area contributed by atoms with Crippen LogP contribution in [0.2, 0.25) is 0 Å². The number of hydrogen-bond acceptors (Lipinski definition) is 7. The summed E-state index contributed by atoms with van der Waals surface area (Å²) in [6.45, 7) is 0.286. The van der Waals surface area contributed by atoms with Crippen LogP contribution in [0.5, 0.6) is 5.75 Å². The summed E-state index contributed by atoms with van der Waals surface area (Å²) in [6, 6.07) is 16.1. The normalized spacial score (nSPS) is 28.5. The van der Waals surface area contributed by atoms with Crippen LogP contribution in [0.3, 0.4) is 0 Å². The van der Waals surface area contributed by atoms with Crippen molar-refractivity contribution in [2.45, 2.75) is 37.9 Å². The Labute approximate surface area is 184 Å². The van der Waals surface area contributed by atoms with Gasteiger partial charge in [-0.15, -0.1) is 0 Å². The molecule has 0 bridgehead atoms. The third kappa shape index (κ3) is 4.03. The van der Waals surface area contributed by atoms with Crippen LogP contribution in [-0.4, -0.2) is 36.2 Å². The second-order valence-corrected chi connectivity index (χ2v) is 8.15. The number of rotatable bonds is 5. The van der Waals surface area contributed by atoms with Gasteiger partial charge in [0.2, 0.25) is 5.78 Å². The number of ether oxygens (including phenoxy) is 4. The van der Waals surface area contributed by atoms with Gasteiger partial charge in [0.05, 0.1) is 18.6 Å². The van der Waals surface area contributed by atoms with Crippen LogP contribution in [0.25, 0.3) is 0 Å². The van der Waals surface area contributed by atoms with Gasteiger partial charge in [-0.3, -0.25) is 9.59 Å². The van der Waals surface area contributed by atoms with Crippen molar-refractivity contribution in [3.63, 3.8) is 0 Å². The zero-order valence-corrected chi connectivity index (χ0v) is 17.2. The molecule has 2 fully saturated rings. The Balaban J connectivity index is 1.30. The second-order valence-electron chi connectivity index (χ2n) is 8.15. The maximum atomic E-state index is 12.7. The van der Waals surface area contributed by atoms with Crippen molar-refractivity contribution in [3.8, 4) is 5.75 Å². The first-order valence-electron chi connectivity index (χ1n) is 10.6. The fourth-order valence-corrected chi connectivity index (χ4v) is 4.55. The molecule has 1 aliphatic carbocycles. The molecule has 0 N–H and O–H groups in total. The van der Waals surface area contributed by atoms with Crippen molar-refractivity contribution in [1.29, 1.82) is 0 Å². The highest BCUT2D eigenvalue weighted by Crippen LogP contribution is 2.43. The van der Waals surface area contributed by atoms with E-state index in [1.165, 1.54) is 6.08 Å². The van der Waals surface area contributed by atoms with Crippen molar-refractivity contribution >= 4 is 17.7 Å². The van der Waals surface area contributed by atoms with Gasteiger partial charge in [0.1, 0.15) is 18.0 Å². The van der Waals surface area contributed by atoms with E-state index in [0.717, 1.165) is 5.56 Å². The van der Waals surface area contributed by atoms with E-state index < -0.39 is 18.4 Å². The summed E-state index contributed by atoms with van der Waals surface area (Å²) in [6.07, 6.45) is 1.88. The smallest absolute Gasteiger partial charge is 0.338 e. The van der Waals surface area contributed by atoms with Gasteiger partial charge in [0.15, 0.2) is 0 Å². The number of carbonyl (C=O) groups excluding carboxylic acids is 3. The largest absolute Gasteiger partial charge is 0.462 e. The summed E-state index contributed by atoms with van der Waals surface area (Å²) in [5.74, 6) is -0.902. The quantitative estimate of drug-likeness (QED) is 0.527. The lowest BCUT2D eigenvalue weighted by Crippen LogP contribution is -2.33.